The van der Waals surface area contributed by atoms with E-state index in [1.807, 2.05) is 6.92 Å². The Morgan fingerprint density at radius 2 is 2.26 bits per heavy atom. The van der Waals surface area contributed by atoms with E-state index in [-0.39, 0.29) is 5.70 Å². The monoisotopic (exact) mass is 266 g/mol. The molecule has 1 unspecified atom stereocenters. The molecule has 1 aliphatic heterocycles. The van der Waals surface area contributed by atoms with Gasteiger partial charge in [0.25, 0.3) is 0 Å². The maximum Gasteiger partial charge on any atom is 0.351 e. The zero-order valence-electron chi connectivity index (χ0n) is 10.8. The van der Waals surface area contributed by atoms with Gasteiger partial charge in [0.1, 0.15) is 11.7 Å². The SMILES string of the molecule is CCCC(N=CC=C1C=C(C(=O)O)NCC1)C(=O)O. The fraction of sp³-hybridized carbons (Fsp3) is 0.462. The van der Waals surface area contributed by atoms with Gasteiger partial charge in [-0.3, -0.25) is 4.99 Å². The van der Waals surface area contributed by atoms with Crippen LogP contribution in [0.2, 0.25) is 0 Å². The van der Waals surface area contributed by atoms with Gasteiger partial charge in [-0.25, -0.2) is 9.59 Å². The number of nitrogens with one attached hydrogen (secondary N) is 1. The van der Waals surface area contributed by atoms with Crippen molar-refractivity contribution in [3.8, 4) is 0 Å². The Bertz CT molecular complexity index is 438. The lowest BCUT2D eigenvalue weighted by atomic mass is 10.1. The van der Waals surface area contributed by atoms with E-state index in [4.69, 9.17) is 10.2 Å². The van der Waals surface area contributed by atoms with Crippen molar-refractivity contribution in [2.75, 3.05) is 6.54 Å². The molecule has 0 bridgehead atoms. The van der Waals surface area contributed by atoms with E-state index in [9.17, 15) is 9.59 Å². The van der Waals surface area contributed by atoms with Crippen LogP contribution in [0.1, 0.15) is 26.2 Å². The van der Waals surface area contributed by atoms with Crippen LogP contribution >= 0.6 is 0 Å². The third kappa shape index (κ3) is 4.95. The molecule has 0 saturated carbocycles. The van der Waals surface area contributed by atoms with E-state index >= 15 is 0 Å². The second-order valence-electron chi connectivity index (χ2n) is 4.22. The molecular formula is C13H18N2O4. The van der Waals surface area contributed by atoms with Gasteiger partial charge in [0.15, 0.2) is 0 Å². The van der Waals surface area contributed by atoms with Gasteiger partial charge in [-0.05, 0) is 30.6 Å². The average molecular weight is 266 g/mol. The summed E-state index contributed by atoms with van der Waals surface area (Å²) in [4.78, 5) is 25.6. The Kier molecular flexibility index (Phi) is 5.78. The van der Waals surface area contributed by atoms with Crippen LogP contribution in [-0.4, -0.2) is 41.0 Å². The molecule has 6 heteroatoms. The average Bonchev–Trinajstić information content (AvgIpc) is 2.38. The first kappa shape index (κ1) is 14.9. The Balaban J connectivity index is 2.72. The summed E-state index contributed by atoms with van der Waals surface area (Å²) >= 11 is 0. The summed E-state index contributed by atoms with van der Waals surface area (Å²) in [6, 6.07) is -0.730. The fourth-order valence-electron chi connectivity index (χ4n) is 1.70. The summed E-state index contributed by atoms with van der Waals surface area (Å²) in [7, 11) is 0. The highest BCUT2D eigenvalue weighted by atomic mass is 16.4. The summed E-state index contributed by atoms with van der Waals surface area (Å²) in [6.45, 7) is 2.45. The van der Waals surface area contributed by atoms with Gasteiger partial charge in [0, 0.05) is 12.8 Å². The molecule has 6 nitrogen and oxygen atoms in total. The molecule has 0 spiro atoms. The minimum Gasteiger partial charge on any atom is -0.480 e. The Labute approximate surface area is 111 Å². The van der Waals surface area contributed by atoms with E-state index in [1.165, 1.54) is 12.3 Å². The topological polar surface area (TPSA) is 99.0 Å². The van der Waals surface area contributed by atoms with Gasteiger partial charge in [0.2, 0.25) is 0 Å². The molecule has 104 valence electrons. The highest BCUT2D eigenvalue weighted by Crippen LogP contribution is 2.11. The van der Waals surface area contributed by atoms with Crippen molar-refractivity contribution in [2.24, 2.45) is 4.99 Å². The molecule has 0 amide bonds. The van der Waals surface area contributed by atoms with E-state index in [1.54, 1.807) is 6.08 Å². The van der Waals surface area contributed by atoms with Gasteiger partial charge in [-0.1, -0.05) is 13.3 Å². The predicted molar refractivity (Wildman–Crippen MR) is 71.2 cm³/mol. The molecule has 0 radical (unpaired) electrons. The number of carboxylic acid groups (broad SMARTS) is 2. The quantitative estimate of drug-likeness (QED) is 0.627. The van der Waals surface area contributed by atoms with Crippen LogP contribution in [0.15, 0.2) is 28.4 Å². The normalized spacial score (nSPS) is 19.0. The van der Waals surface area contributed by atoms with Crippen molar-refractivity contribution < 1.29 is 19.8 Å². The largest absolute Gasteiger partial charge is 0.480 e. The maximum atomic E-state index is 10.9. The summed E-state index contributed by atoms with van der Waals surface area (Å²) in [5.74, 6) is -1.94. The van der Waals surface area contributed by atoms with Crippen molar-refractivity contribution in [3.05, 3.63) is 23.4 Å². The van der Waals surface area contributed by atoms with Crippen molar-refractivity contribution in [1.82, 2.24) is 5.32 Å². The minimum absolute atomic E-state index is 0.147. The number of rotatable bonds is 6. The highest BCUT2D eigenvalue weighted by molar-refractivity contribution is 5.87. The maximum absolute atomic E-state index is 10.9. The van der Waals surface area contributed by atoms with E-state index in [0.29, 0.717) is 19.4 Å². The molecule has 0 aromatic carbocycles. The second kappa shape index (κ2) is 7.35. The zero-order chi connectivity index (χ0) is 14.3. The number of hydrogen-bond donors (Lipinski definition) is 3. The van der Waals surface area contributed by atoms with Crippen LogP contribution in [0.3, 0.4) is 0 Å². The number of hydrogen-bond acceptors (Lipinski definition) is 4. The van der Waals surface area contributed by atoms with Crippen molar-refractivity contribution in [2.45, 2.75) is 32.2 Å². The molecule has 3 N–H and O–H groups in total. The summed E-state index contributed by atoms with van der Waals surface area (Å²) in [5.41, 5.74) is 0.967. The Morgan fingerprint density at radius 1 is 1.53 bits per heavy atom. The minimum atomic E-state index is -1.00. The first-order valence-electron chi connectivity index (χ1n) is 6.18. The number of aliphatic imine (C=N–C) groups is 1. The third-order valence-corrected chi connectivity index (χ3v) is 2.69. The number of aliphatic carboxylic acids is 2. The molecular weight excluding hydrogens is 248 g/mol. The molecule has 0 aliphatic carbocycles. The molecule has 1 aliphatic rings. The van der Waals surface area contributed by atoms with Crippen molar-refractivity contribution in [3.63, 3.8) is 0 Å². The lowest BCUT2D eigenvalue weighted by Crippen LogP contribution is -2.25. The van der Waals surface area contributed by atoms with E-state index in [0.717, 1.165) is 12.0 Å². The predicted octanol–water partition coefficient (Wildman–Crippen LogP) is 1.20. The molecule has 0 aromatic rings. The molecule has 1 heterocycles. The first-order chi connectivity index (χ1) is 9.04. The molecule has 19 heavy (non-hydrogen) atoms. The first-order valence-corrected chi connectivity index (χ1v) is 6.18. The standard InChI is InChI=1S/C13H18N2O4/c1-2-3-10(12(16)17)14-6-4-9-5-7-15-11(8-9)13(18)19/h4,6,8,10,15H,2-3,5,7H2,1H3,(H,16,17)(H,18,19). The zero-order valence-corrected chi connectivity index (χ0v) is 10.8. The number of carbonyl (C=O) groups is 2. The van der Waals surface area contributed by atoms with E-state index in [2.05, 4.69) is 10.3 Å². The second-order valence-corrected chi connectivity index (χ2v) is 4.22. The molecule has 0 aromatic heterocycles. The van der Waals surface area contributed by atoms with Gasteiger partial charge >= 0.3 is 11.9 Å². The molecule has 0 saturated heterocycles. The van der Waals surface area contributed by atoms with Crippen LogP contribution in [0.5, 0.6) is 0 Å². The van der Waals surface area contributed by atoms with Crippen molar-refractivity contribution in [1.29, 1.82) is 0 Å². The van der Waals surface area contributed by atoms with Crippen LogP contribution in [-0.2, 0) is 9.59 Å². The lowest BCUT2D eigenvalue weighted by molar-refractivity contribution is -0.138. The van der Waals surface area contributed by atoms with Crippen LogP contribution in [0, 0.1) is 0 Å². The van der Waals surface area contributed by atoms with Gasteiger partial charge < -0.3 is 15.5 Å². The van der Waals surface area contributed by atoms with Gasteiger partial charge in [-0.15, -0.1) is 0 Å². The summed E-state index contributed by atoms with van der Waals surface area (Å²) < 4.78 is 0. The van der Waals surface area contributed by atoms with Crippen LogP contribution in [0.25, 0.3) is 0 Å². The Morgan fingerprint density at radius 3 is 2.84 bits per heavy atom. The molecule has 1 rings (SSSR count). The summed E-state index contributed by atoms with van der Waals surface area (Å²) in [6.07, 6.45) is 6.58. The number of carboxylic acids is 2. The highest BCUT2D eigenvalue weighted by Gasteiger charge is 2.14. The van der Waals surface area contributed by atoms with Gasteiger partial charge in [-0.2, -0.15) is 0 Å². The number of allylic oxidation sites excluding steroid dienone is 2. The Hall–Kier alpha value is -2.11. The number of nitrogens with zero attached hydrogens (tertiary/aromatic N) is 1. The lowest BCUT2D eigenvalue weighted by Gasteiger charge is -2.14. The van der Waals surface area contributed by atoms with Crippen LogP contribution in [0.4, 0.5) is 0 Å². The molecule has 1 atom stereocenters. The fourth-order valence-corrected chi connectivity index (χ4v) is 1.70. The molecule has 0 fully saturated rings. The van der Waals surface area contributed by atoms with Crippen LogP contribution < -0.4 is 5.32 Å². The summed E-state index contributed by atoms with van der Waals surface area (Å²) in [5, 5.41) is 20.5. The van der Waals surface area contributed by atoms with E-state index < -0.39 is 18.0 Å². The van der Waals surface area contributed by atoms with Gasteiger partial charge in [0.05, 0.1) is 0 Å². The smallest absolute Gasteiger partial charge is 0.351 e. The van der Waals surface area contributed by atoms with Crippen molar-refractivity contribution >= 4 is 18.2 Å². The third-order valence-electron chi connectivity index (χ3n) is 2.69.